The van der Waals surface area contributed by atoms with Crippen LogP contribution >= 0.6 is 0 Å². The largest absolute Gasteiger partial charge is 0.397 e. The van der Waals surface area contributed by atoms with Gasteiger partial charge in [-0.2, -0.15) is 0 Å². The van der Waals surface area contributed by atoms with Crippen LogP contribution < -0.4 is 11.1 Å². The van der Waals surface area contributed by atoms with Crippen LogP contribution in [0.1, 0.15) is 43.1 Å². The number of nitrogens with two attached hydrogens (primary N) is 1. The van der Waals surface area contributed by atoms with Gasteiger partial charge in [-0.15, -0.1) is 0 Å². The Morgan fingerprint density at radius 1 is 1.43 bits per heavy atom. The molecule has 2 rings (SSSR count). The van der Waals surface area contributed by atoms with Crippen molar-refractivity contribution in [2.45, 2.75) is 38.6 Å². The molecule has 0 aromatic carbocycles. The molecule has 2 amide bonds. The fourth-order valence-electron chi connectivity index (χ4n) is 2.50. The second kappa shape index (κ2) is 7.06. The molecule has 0 aliphatic carbocycles. The van der Waals surface area contributed by atoms with Crippen molar-refractivity contribution in [1.82, 2.24) is 15.2 Å². The van der Waals surface area contributed by atoms with Gasteiger partial charge in [0.05, 0.1) is 5.69 Å². The van der Waals surface area contributed by atoms with E-state index in [-0.39, 0.29) is 17.9 Å². The number of nitrogens with zero attached hydrogens (tertiary/aromatic N) is 2. The lowest BCUT2D eigenvalue weighted by molar-refractivity contribution is -0.122. The van der Waals surface area contributed by atoms with E-state index < -0.39 is 0 Å². The van der Waals surface area contributed by atoms with E-state index in [1.807, 2.05) is 6.92 Å². The molecule has 0 unspecified atom stereocenters. The summed E-state index contributed by atoms with van der Waals surface area (Å²) < 4.78 is 0. The highest BCUT2D eigenvalue weighted by Crippen LogP contribution is 2.16. The van der Waals surface area contributed by atoms with Crippen molar-refractivity contribution < 1.29 is 9.59 Å². The lowest BCUT2D eigenvalue weighted by Crippen LogP contribution is -2.46. The second-order valence-corrected chi connectivity index (χ2v) is 5.33. The number of aromatic nitrogens is 1. The molecule has 1 aliphatic heterocycles. The fraction of sp³-hybridized carbons (Fsp3) is 0.533. The van der Waals surface area contributed by atoms with Crippen molar-refractivity contribution in [2.24, 2.45) is 0 Å². The molecule has 6 nitrogen and oxygen atoms in total. The van der Waals surface area contributed by atoms with Gasteiger partial charge < -0.3 is 16.0 Å². The van der Waals surface area contributed by atoms with Crippen LogP contribution in [0.2, 0.25) is 0 Å². The van der Waals surface area contributed by atoms with Gasteiger partial charge in [0.2, 0.25) is 5.91 Å². The van der Waals surface area contributed by atoms with Crippen LogP contribution in [0.25, 0.3) is 0 Å². The SMILES string of the molecule is CCCC(=O)NC1CCN(C(=O)c2ncccc2N)CC1. The molecule has 0 atom stereocenters. The minimum Gasteiger partial charge on any atom is -0.397 e. The molecule has 6 heteroatoms. The normalized spacial score (nSPS) is 15.8. The second-order valence-electron chi connectivity index (χ2n) is 5.33. The zero-order valence-corrected chi connectivity index (χ0v) is 12.3. The van der Waals surface area contributed by atoms with Gasteiger partial charge >= 0.3 is 0 Å². The third-order valence-electron chi connectivity index (χ3n) is 3.67. The first kappa shape index (κ1) is 15.3. The maximum atomic E-state index is 12.3. The summed E-state index contributed by atoms with van der Waals surface area (Å²) in [6, 6.07) is 3.55. The zero-order chi connectivity index (χ0) is 15.2. The van der Waals surface area contributed by atoms with Gasteiger partial charge in [0.15, 0.2) is 5.69 Å². The molecule has 3 N–H and O–H groups in total. The van der Waals surface area contributed by atoms with E-state index in [4.69, 9.17) is 5.73 Å². The van der Waals surface area contributed by atoms with E-state index in [0.29, 0.717) is 30.9 Å². The molecule has 114 valence electrons. The quantitative estimate of drug-likeness (QED) is 0.871. The molecule has 21 heavy (non-hydrogen) atoms. The Labute approximate surface area is 124 Å². The summed E-state index contributed by atoms with van der Waals surface area (Å²) in [6.07, 6.45) is 4.52. The summed E-state index contributed by atoms with van der Waals surface area (Å²) in [6.45, 7) is 3.22. The summed E-state index contributed by atoms with van der Waals surface area (Å²) in [5, 5.41) is 3.01. The molecule has 0 radical (unpaired) electrons. The number of nitrogen functional groups attached to an aromatic ring is 1. The predicted molar refractivity (Wildman–Crippen MR) is 80.6 cm³/mol. The average Bonchev–Trinajstić information content (AvgIpc) is 2.48. The molecule has 1 fully saturated rings. The number of piperidine rings is 1. The van der Waals surface area contributed by atoms with Gasteiger partial charge in [-0.1, -0.05) is 6.92 Å². The van der Waals surface area contributed by atoms with E-state index in [2.05, 4.69) is 10.3 Å². The summed E-state index contributed by atoms with van der Waals surface area (Å²) >= 11 is 0. The standard InChI is InChI=1S/C15H22N4O2/c1-2-4-13(20)18-11-6-9-19(10-7-11)15(21)14-12(16)5-3-8-17-14/h3,5,8,11H,2,4,6-7,9-10,16H2,1H3,(H,18,20). The number of hydrogen-bond donors (Lipinski definition) is 2. The van der Waals surface area contributed by atoms with Gasteiger partial charge in [-0.05, 0) is 31.4 Å². The van der Waals surface area contributed by atoms with E-state index in [1.54, 1.807) is 23.2 Å². The van der Waals surface area contributed by atoms with E-state index in [9.17, 15) is 9.59 Å². The van der Waals surface area contributed by atoms with Crippen LogP contribution in [-0.2, 0) is 4.79 Å². The summed E-state index contributed by atoms with van der Waals surface area (Å²) in [5.41, 5.74) is 6.50. The van der Waals surface area contributed by atoms with Crippen LogP contribution in [0.5, 0.6) is 0 Å². The van der Waals surface area contributed by atoms with Gasteiger partial charge in [0.25, 0.3) is 5.91 Å². The molecule has 0 spiro atoms. The number of amides is 2. The Morgan fingerprint density at radius 3 is 2.76 bits per heavy atom. The molecule has 1 saturated heterocycles. The first-order chi connectivity index (χ1) is 10.1. The first-order valence-electron chi connectivity index (χ1n) is 7.41. The van der Waals surface area contributed by atoms with Crippen LogP contribution in [0.15, 0.2) is 18.3 Å². The van der Waals surface area contributed by atoms with Crippen LogP contribution in [0.4, 0.5) is 5.69 Å². The third-order valence-corrected chi connectivity index (χ3v) is 3.67. The topological polar surface area (TPSA) is 88.3 Å². The van der Waals surface area contributed by atoms with E-state index in [1.165, 1.54) is 0 Å². The maximum Gasteiger partial charge on any atom is 0.274 e. The van der Waals surface area contributed by atoms with E-state index >= 15 is 0 Å². The van der Waals surface area contributed by atoms with Crippen molar-refractivity contribution in [3.8, 4) is 0 Å². The number of anilines is 1. The molecular formula is C15H22N4O2. The number of likely N-dealkylation sites (tertiary alicyclic amines) is 1. The van der Waals surface area contributed by atoms with Crippen LogP contribution in [0.3, 0.4) is 0 Å². The number of hydrogen-bond acceptors (Lipinski definition) is 4. The maximum absolute atomic E-state index is 12.3. The summed E-state index contributed by atoms with van der Waals surface area (Å²) in [7, 11) is 0. The molecule has 1 aliphatic rings. The Kier molecular flexibility index (Phi) is 5.14. The zero-order valence-electron chi connectivity index (χ0n) is 12.3. The van der Waals surface area contributed by atoms with Crippen molar-refractivity contribution >= 4 is 17.5 Å². The minimum atomic E-state index is -0.133. The van der Waals surface area contributed by atoms with Gasteiger partial charge in [-0.3, -0.25) is 9.59 Å². The molecule has 2 heterocycles. The Balaban J connectivity index is 1.88. The number of carbonyl (C=O) groups is 2. The van der Waals surface area contributed by atoms with Crippen molar-refractivity contribution in [3.63, 3.8) is 0 Å². The number of nitrogens with one attached hydrogen (secondary N) is 1. The molecule has 0 bridgehead atoms. The lowest BCUT2D eigenvalue weighted by atomic mass is 10.0. The third kappa shape index (κ3) is 3.93. The minimum absolute atomic E-state index is 0.0937. The Bertz CT molecular complexity index is 510. The fourth-order valence-corrected chi connectivity index (χ4v) is 2.50. The van der Waals surface area contributed by atoms with Crippen molar-refractivity contribution in [2.75, 3.05) is 18.8 Å². The van der Waals surface area contributed by atoms with Crippen molar-refractivity contribution in [1.29, 1.82) is 0 Å². The number of carbonyl (C=O) groups excluding carboxylic acids is 2. The number of rotatable bonds is 4. The van der Waals surface area contributed by atoms with Crippen LogP contribution in [0, 0.1) is 0 Å². The van der Waals surface area contributed by atoms with Gasteiger partial charge in [-0.25, -0.2) is 4.98 Å². The molecule has 0 saturated carbocycles. The lowest BCUT2D eigenvalue weighted by Gasteiger charge is -2.32. The highest BCUT2D eigenvalue weighted by atomic mass is 16.2. The Morgan fingerprint density at radius 2 is 2.14 bits per heavy atom. The smallest absolute Gasteiger partial charge is 0.274 e. The van der Waals surface area contributed by atoms with Gasteiger partial charge in [0.1, 0.15) is 0 Å². The monoisotopic (exact) mass is 290 g/mol. The van der Waals surface area contributed by atoms with E-state index in [0.717, 1.165) is 19.3 Å². The summed E-state index contributed by atoms with van der Waals surface area (Å²) in [4.78, 5) is 29.7. The number of pyridine rings is 1. The Hall–Kier alpha value is -2.11. The highest BCUT2D eigenvalue weighted by Gasteiger charge is 2.25. The summed E-state index contributed by atoms with van der Waals surface area (Å²) in [5.74, 6) is -0.0392. The molecule has 1 aromatic heterocycles. The van der Waals surface area contributed by atoms with Gasteiger partial charge in [0, 0.05) is 31.7 Å². The predicted octanol–water partition coefficient (Wildman–Crippen LogP) is 1.18. The van der Waals surface area contributed by atoms with Crippen LogP contribution in [-0.4, -0.2) is 40.8 Å². The molecule has 1 aromatic rings. The average molecular weight is 290 g/mol. The highest BCUT2D eigenvalue weighted by molar-refractivity contribution is 5.97. The molecular weight excluding hydrogens is 268 g/mol. The first-order valence-corrected chi connectivity index (χ1v) is 7.41. The van der Waals surface area contributed by atoms with Crippen molar-refractivity contribution in [3.05, 3.63) is 24.0 Å².